The summed E-state index contributed by atoms with van der Waals surface area (Å²) in [5.74, 6) is -0.381. The molecule has 0 bridgehead atoms. The average Bonchev–Trinajstić information content (AvgIpc) is 2.57. The van der Waals surface area contributed by atoms with Crippen molar-refractivity contribution in [3.05, 3.63) is 55.7 Å². The van der Waals surface area contributed by atoms with Gasteiger partial charge < -0.3 is 5.11 Å². The summed E-state index contributed by atoms with van der Waals surface area (Å²) >= 11 is 0. The van der Waals surface area contributed by atoms with E-state index in [0.29, 0.717) is 0 Å². The predicted octanol–water partition coefficient (Wildman–Crippen LogP) is 1.66. The number of nitrogens with zero attached hydrogens (tertiary/aromatic N) is 3. The first-order valence-electron chi connectivity index (χ1n) is 7.56. The van der Waals surface area contributed by atoms with Gasteiger partial charge in [-0.25, -0.2) is 4.79 Å². The molecule has 0 atom stereocenters. The van der Waals surface area contributed by atoms with Gasteiger partial charge >= 0.3 is 5.69 Å². The Morgan fingerprint density at radius 1 is 1.09 bits per heavy atom. The van der Waals surface area contributed by atoms with Crippen LogP contribution in [0.3, 0.4) is 0 Å². The fourth-order valence-corrected chi connectivity index (χ4v) is 2.48. The van der Waals surface area contributed by atoms with Crippen LogP contribution in [0.25, 0.3) is 0 Å². The number of para-hydroxylation sites is 1. The number of benzene rings is 1. The van der Waals surface area contributed by atoms with Crippen LogP contribution in [0, 0.1) is 0 Å². The van der Waals surface area contributed by atoms with Crippen LogP contribution in [0.4, 0.5) is 5.69 Å². The van der Waals surface area contributed by atoms with E-state index in [4.69, 9.17) is 0 Å². The van der Waals surface area contributed by atoms with Gasteiger partial charge in [-0.05, 0) is 24.0 Å². The van der Waals surface area contributed by atoms with Gasteiger partial charge in [0.1, 0.15) is 5.56 Å². The van der Waals surface area contributed by atoms with E-state index in [0.717, 1.165) is 38.8 Å². The van der Waals surface area contributed by atoms with E-state index in [1.807, 2.05) is 32.0 Å². The van der Waals surface area contributed by atoms with Crippen molar-refractivity contribution < 1.29 is 5.11 Å². The van der Waals surface area contributed by atoms with E-state index in [9.17, 15) is 14.7 Å². The van der Waals surface area contributed by atoms with E-state index < -0.39 is 11.2 Å². The smallest absolute Gasteiger partial charge is 0.333 e. The van der Waals surface area contributed by atoms with Crippen LogP contribution in [0.15, 0.2) is 32.8 Å². The highest BCUT2D eigenvalue weighted by Crippen LogP contribution is 2.25. The van der Waals surface area contributed by atoms with Crippen LogP contribution in [0.5, 0.6) is 5.88 Å². The van der Waals surface area contributed by atoms with Crippen LogP contribution in [-0.2, 0) is 26.9 Å². The summed E-state index contributed by atoms with van der Waals surface area (Å²) in [5, 5.41) is 10.1. The average molecular weight is 315 g/mol. The van der Waals surface area contributed by atoms with Crippen molar-refractivity contribution in [2.45, 2.75) is 26.7 Å². The normalized spacial score (nSPS) is 11.3. The minimum atomic E-state index is -0.576. The molecular formula is C17H21N3O3. The molecule has 0 amide bonds. The summed E-state index contributed by atoms with van der Waals surface area (Å²) < 4.78 is 1.97. The highest BCUT2D eigenvalue weighted by Gasteiger charge is 2.13. The summed E-state index contributed by atoms with van der Waals surface area (Å²) in [6, 6.07) is 5.97. The van der Waals surface area contributed by atoms with Gasteiger partial charge in [-0.3, -0.25) is 18.9 Å². The number of aromatic nitrogens is 2. The Hall–Kier alpha value is -2.63. The lowest BCUT2D eigenvalue weighted by Crippen LogP contribution is -2.38. The van der Waals surface area contributed by atoms with Crippen LogP contribution < -0.4 is 11.2 Å². The highest BCUT2D eigenvalue weighted by molar-refractivity contribution is 5.84. The van der Waals surface area contributed by atoms with E-state index in [1.165, 1.54) is 20.3 Å². The number of hydrogen-bond donors (Lipinski definition) is 1. The fraction of sp³-hybridized carbons (Fsp3) is 0.353. The third-order valence-electron chi connectivity index (χ3n) is 3.96. The lowest BCUT2D eigenvalue weighted by atomic mass is 10.0. The molecule has 1 heterocycles. The molecule has 6 nitrogen and oxygen atoms in total. The van der Waals surface area contributed by atoms with Gasteiger partial charge in [-0.1, -0.05) is 32.0 Å². The quantitative estimate of drug-likeness (QED) is 0.872. The zero-order chi connectivity index (χ0) is 17.1. The Kier molecular flexibility index (Phi) is 4.83. The Labute approximate surface area is 134 Å². The molecule has 1 aromatic carbocycles. The van der Waals surface area contributed by atoms with Crippen molar-refractivity contribution >= 4 is 11.9 Å². The second-order valence-corrected chi connectivity index (χ2v) is 5.33. The Balaban J connectivity index is 2.64. The molecular weight excluding hydrogens is 294 g/mol. The van der Waals surface area contributed by atoms with Crippen molar-refractivity contribution in [1.82, 2.24) is 9.13 Å². The zero-order valence-electron chi connectivity index (χ0n) is 13.8. The van der Waals surface area contributed by atoms with Crippen LogP contribution in [0.1, 0.15) is 30.5 Å². The van der Waals surface area contributed by atoms with Gasteiger partial charge in [-0.2, -0.15) is 0 Å². The summed E-state index contributed by atoms with van der Waals surface area (Å²) in [6.45, 7) is 4.08. The molecule has 0 unspecified atom stereocenters. The Bertz CT molecular complexity index is 854. The Morgan fingerprint density at radius 3 is 2.17 bits per heavy atom. The second kappa shape index (κ2) is 6.64. The lowest BCUT2D eigenvalue weighted by Gasteiger charge is -2.09. The number of rotatable bonds is 4. The van der Waals surface area contributed by atoms with E-state index in [2.05, 4.69) is 4.99 Å². The maximum absolute atomic E-state index is 12.2. The second-order valence-electron chi connectivity index (χ2n) is 5.33. The van der Waals surface area contributed by atoms with Crippen LogP contribution >= 0.6 is 0 Å². The topological polar surface area (TPSA) is 76.6 Å². The molecule has 0 aliphatic carbocycles. The number of aryl methyl sites for hydroxylation is 2. The first-order valence-corrected chi connectivity index (χ1v) is 7.56. The maximum Gasteiger partial charge on any atom is 0.333 e. The third kappa shape index (κ3) is 2.97. The molecule has 0 aliphatic rings. The van der Waals surface area contributed by atoms with Crippen molar-refractivity contribution in [2.24, 2.45) is 19.1 Å². The standard InChI is InChI=1S/C17H21N3O3/c1-5-11-8-7-9-12(6-2)14(11)18-10-13-15(21)19(3)17(23)20(4)16(13)22/h7-10,21H,5-6H2,1-4H3. The lowest BCUT2D eigenvalue weighted by molar-refractivity contribution is 0.410. The largest absolute Gasteiger partial charge is 0.494 e. The van der Waals surface area contributed by atoms with Gasteiger partial charge in [0, 0.05) is 20.3 Å². The van der Waals surface area contributed by atoms with E-state index in [1.54, 1.807) is 0 Å². The summed E-state index contributed by atoms with van der Waals surface area (Å²) in [5.41, 5.74) is 1.81. The minimum Gasteiger partial charge on any atom is -0.494 e. The molecule has 23 heavy (non-hydrogen) atoms. The molecule has 0 saturated carbocycles. The number of aliphatic imine (C=N–C) groups is 1. The molecule has 2 aromatic rings. The molecule has 0 fully saturated rings. The molecule has 2 rings (SSSR count). The molecule has 0 spiro atoms. The molecule has 1 aromatic heterocycles. The molecule has 6 heteroatoms. The number of aromatic hydroxyl groups is 1. The SMILES string of the molecule is CCc1cccc(CC)c1N=Cc1c(O)n(C)c(=O)n(C)c1=O. The molecule has 0 saturated heterocycles. The van der Waals surface area contributed by atoms with Crippen LogP contribution in [-0.4, -0.2) is 20.5 Å². The first-order chi connectivity index (χ1) is 10.9. The monoisotopic (exact) mass is 315 g/mol. The molecule has 122 valence electrons. The number of hydrogen-bond acceptors (Lipinski definition) is 4. The van der Waals surface area contributed by atoms with Gasteiger partial charge in [0.25, 0.3) is 5.56 Å². The van der Waals surface area contributed by atoms with Crippen molar-refractivity contribution in [2.75, 3.05) is 0 Å². The van der Waals surface area contributed by atoms with Crippen molar-refractivity contribution in [1.29, 1.82) is 0 Å². The van der Waals surface area contributed by atoms with Crippen molar-refractivity contribution in [3.63, 3.8) is 0 Å². The van der Waals surface area contributed by atoms with Gasteiger partial charge in [0.15, 0.2) is 0 Å². The Morgan fingerprint density at radius 2 is 1.65 bits per heavy atom. The van der Waals surface area contributed by atoms with Gasteiger partial charge in [0.05, 0.1) is 5.69 Å². The van der Waals surface area contributed by atoms with Gasteiger partial charge in [-0.15, -0.1) is 0 Å². The summed E-state index contributed by atoms with van der Waals surface area (Å²) in [6.07, 6.45) is 2.97. The fourth-order valence-electron chi connectivity index (χ4n) is 2.48. The zero-order valence-corrected chi connectivity index (χ0v) is 13.8. The first kappa shape index (κ1) is 16.7. The highest BCUT2D eigenvalue weighted by atomic mass is 16.3. The molecule has 0 radical (unpaired) electrons. The van der Waals surface area contributed by atoms with Crippen molar-refractivity contribution in [3.8, 4) is 5.88 Å². The molecule has 0 aliphatic heterocycles. The van der Waals surface area contributed by atoms with E-state index >= 15 is 0 Å². The van der Waals surface area contributed by atoms with Crippen LogP contribution in [0.2, 0.25) is 0 Å². The molecule has 1 N–H and O–H groups in total. The minimum absolute atomic E-state index is 0.00237. The third-order valence-corrected chi connectivity index (χ3v) is 3.96. The maximum atomic E-state index is 12.2. The predicted molar refractivity (Wildman–Crippen MR) is 91.0 cm³/mol. The summed E-state index contributed by atoms with van der Waals surface area (Å²) in [4.78, 5) is 28.4. The summed E-state index contributed by atoms with van der Waals surface area (Å²) in [7, 11) is 2.78. The van der Waals surface area contributed by atoms with E-state index in [-0.39, 0.29) is 11.4 Å². The van der Waals surface area contributed by atoms with Gasteiger partial charge in [0.2, 0.25) is 5.88 Å².